The van der Waals surface area contributed by atoms with E-state index in [1.165, 1.54) is 10.6 Å². The van der Waals surface area contributed by atoms with Crippen LogP contribution in [0.2, 0.25) is 0 Å². The third kappa shape index (κ3) is 3.36. The minimum atomic E-state index is 0.930. The summed E-state index contributed by atoms with van der Waals surface area (Å²) < 4.78 is 5.44. The van der Waals surface area contributed by atoms with Gasteiger partial charge in [0.25, 0.3) is 0 Å². The summed E-state index contributed by atoms with van der Waals surface area (Å²) in [6.45, 7) is 3.78. The SMILES string of the molecule is COc1ccccc1N1CCN(/N=C\c2cccs2)CC1. The highest BCUT2D eigenvalue weighted by Gasteiger charge is 2.18. The Hall–Kier alpha value is -2.01. The van der Waals surface area contributed by atoms with E-state index in [0.717, 1.165) is 31.9 Å². The number of rotatable bonds is 4. The van der Waals surface area contributed by atoms with Crippen LogP contribution >= 0.6 is 11.3 Å². The molecular weight excluding hydrogens is 282 g/mol. The fourth-order valence-corrected chi connectivity index (χ4v) is 3.03. The molecule has 1 saturated heterocycles. The number of hydrogen-bond acceptors (Lipinski definition) is 5. The molecule has 0 amide bonds. The van der Waals surface area contributed by atoms with Crippen molar-refractivity contribution in [2.24, 2.45) is 5.10 Å². The van der Waals surface area contributed by atoms with E-state index >= 15 is 0 Å². The van der Waals surface area contributed by atoms with Gasteiger partial charge in [-0.15, -0.1) is 11.3 Å². The first-order valence-corrected chi connectivity index (χ1v) is 7.95. The lowest BCUT2D eigenvalue weighted by molar-refractivity contribution is 0.271. The summed E-state index contributed by atoms with van der Waals surface area (Å²) in [6, 6.07) is 12.3. The van der Waals surface area contributed by atoms with Gasteiger partial charge in [-0.25, -0.2) is 0 Å². The molecule has 0 saturated carbocycles. The molecule has 1 aliphatic rings. The summed E-state index contributed by atoms with van der Waals surface area (Å²) in [5.41, 5.74) is 1.17. The Morgan fingerprint density at radius 1 is 1.10 bits per heavy atom. The van der Waals surface area contributed by atoms with E-state index < -0.39 is 0 Å². The van der Waals surface area contributed by atoms with E-state index in [1.54, 1.807) is 18.4 Å². The predicted octanol–water partition coefficient (Wildman–Crippen LogP) is 2.91. The molecular formula is C16H19N3OS. The van der Waals surface area contributed by atoms with E-state index in [4.69, 9.17) is 4.74 Å². The van der Waals surface area contributed by atoms with E-state index in [9.17, 15) is 0 Å². The highest BCUT2D eigenvalue weighted by atomic mass is 32.1. The predicted molar refractivity (Wildman–Crippen MR) is 88.7 cm³/mol. The Bertz CT molecular complexity index is 589. The fraction of sp³-hybridized carbons (Fsp3) is 0.312. The number of para-hydroxylation sites is 2. The van der Waals surface area contributed by atoms with Crippen molar-refractivity contribution >= 4 is 23.2 Å². The molecule has 1 aliphatic heterocycles. The largest absolute Gasteiger partial charge is 0.495 e. The van der Waals surface area contributed by atoms with Crippen molar-refractivity contribution in [1.82, 2.24) is 5.01 Å². The number of methoxy groups -OCH3 is 1. The minimum Gasteiger partial charge on any atom is -0.495 e. The zero-order valence-corrected chi connectivity index (χ0v) is 12.9. The standard InChI is InChI=1S/C16H19N3OS/c1-20-16-7-3-2-6-15(16)18-8-10-19(11-9-18)17-13-14-5-4-12-21-14/h2-7,12-13H,8-11H2,1H3/b17-13-. The Kier molecular flexibility index (Phi) is 4.40. The molecule has 0 radical (unpaired) electrons. The maximum atomic E-state index is 5.44. The minimum absolute atomic E-state index is 0.930. The Morgan fingerprint density at radius 3 is 2.62 bits per heavy atom. The lowest BCUT2D eigenvalue weighted by Crippen LogP contribution is -2.44. The van der Waals surface area contributed by atoms with Gasteiger partial charge in [-0.1, -0.05) is 18.2 Å². The summed E-state index contributed by atoms with van der Waals surface area (Å²) in [6.07, 6.45) is 1.95. The quantitative estimate of drug-likeness (QED) is 0.813. The molecule has 0 atom stereocenters. The Balaban J connectivity index is 1.60. The van der Waals surface area contributed by atoms with Gasteiger partial charge in [-0.3, -0.25) is 5.01 Å². The third-order valence-corrected chi connectivity index (χ3v) is 4.38. The first-order valence-electron chi connectivity index (χ1n) is 7.07. The molecule has 2 heterocycles. The molecule has 1 fully saturated rings. The Morgan fingerprint density at radius 2 is 1.90 bits per heavy atom. The second-order valence-corrected chi connectivity index (χ2v) is 5.85. The lowest BCUT2D eigenvalue weighted by atomic mass is 10.2. The molecule has 0 aliphatic carbocycles. The van der Waals surface area contributed by atoms with Crippen molar-refractivity contribution in [2.45, 2.75) is 0 Å². The van der Waals surface area contributed by atoms with Crippen LogP contribution in [0.4, 0.5) is 5.69 Å². The molecule has 21 heavy (non-hydrogen) atoms. The van der Waals surface area contributed by atoms with E-state index in [1.807, 2.05) is 24.4 Å². The molecule has 5 heteroatoms. The first kappa shape index (κ1) is 13.9. The van der Waals surface area contributed by atoms with Gasteiger partial charge in [-0.05, 0) is 23.6 Å². The van der Waals surface area contributed by atoms with Crippen LogP contribution in [-0.2, 0) is 0 Å². The number of nitrogens with zero attached hydrogens (tertiary/aromatic N) is 3. The number of benzene rings is 1. The van der Waals surface area contributed by atoms with Gasteiger partial charge in [0.05, 0.1) is 32.1 Å². The normalized spacial score (nSPS) is 15.7. The monoisotopic (exact) mass is 301 g/mol. The Labute approximate surface area is 129 Å². The van der Waals surface area contributed by atoms with Gasteiger partial charge >= 0.3 is 0 Å². The highest BCUT2D eigenvalue weighted by Crippen LogP contribution is 2.28. The zero-order chi connectivity index (χ0) is 14.5. The summed E-state index contributed by atoms with van der Waals surface area (Å²) in [5, 5.41) is 8.76. The number of anilines is 1. The lowest BCUT2D eigenvalue weighted by Gasteiger charge is -2.35. The zero-order valence-electron chi connectivity index (χ0n) is 12.1. The highest BCUT2D eigenvalue weighted by molar-refractivity contribution is 7.11. The molecule has 110 valence electrons. The molecule has 0 unspecified atom stereocenters. The van der Waals surface area contributed by atoms with Crippen LogP contribution < -0.4 is 9.64 Å². The van der Waals surface area contributed by atoms with E-state index in [-0.39, 0.29) is 0 Å². The van der Waals surface area contributed by atoms with Crippen LogP contribution in [0.15, 0.2) is 46.9 Å². The smallest absolute Gasteiger partial charge is 0.142 e. The third-order valence-electron chi connectivity index (χ3n) is 3.57. The fourth-order valence-electron chi connectivity index (χ4n) is 2.45. The van der Waals surface area contributed by atoms with Crippen molar-refractivity contribution < 1.29 is 4.74 Å². The second-order valence-electron chi connectivity index (χ2n) is 4.87. The van der Waals surface area contributed by atoms with Gasteiger partial charge in [0.1, 0.15) is 5.75 Å². The second kappa shape index (κ2) is 6.63. The van der Waals surface area contributed by atoms with Crippen LogP contribution in [0.25, 0.3) is 0 Å². The number of thiophene rings is 1. The van der Waals surface area contributed by atoms with Crippen LogP contribution in [0.1, 0.15) is 4.88 Å². The molecule has 0 bridgehead atoms. The molecule has 2 aromatic rings. The van der Waals surface area contributed by atoms with Crippen molar-refractivity contribution in [3.8, 4) is 5.75 Å². The van der Waals surface area contributed by atoms with Crippen molar-refractivity contribution in [2.75, 3.05) is 38.2 Å². The van der Waals surface area contributed by atoms with E-state index in [0.29, 0.717) is 0 Å². The van der Waals surface area contributed by atoms with Crippen LogP contribution in [0.5, 0.6) is 5.75 Å². The molecule has 1 aromatic carbocycles. The summed E-state index contributed by atoms with van der Waals surface area (Å²) >= 11 is 1.71. The summed E-state index contributed by atoms with van der Waals surface area (Å²) in [4.78, 5) is 3.55. The van der Waals surface area contributed by atoms with Crippen molar-refractivity contribution in [3.05, 3.63) is 46.7 Å². The van der Waals surface area contributed by atoms with Crippen molar-refractivity contribution in [3.63, 3.8) is 0 Å². The summed E-state index contributed by atoms with van der Waals surface area (Å²) in [5.74, 6) is 0.938. The average Bonchev–Trinajstić information content (AvgIpc) is 3.07. The molecule has 0 N–H and O–H groups in total. The number of piperazine rings is 1. The van der Waals surface area contributed by atoms with Gasteiger partial charge in [0.15, 0.2) is 0 Å². The number of hydrazone groups is 1. The molecule has 3 rings (SSSR count). The molecule has 1 aromatic heterocycles. The van der Waals surface area contributed by atoms with Gasteiger partial charge in [0, 0.05) is 18.0 Å². The maximum Gasteiger partial charge on any atom is 0.142 e. The van der Waals surface area contributed by atoms with E-state index in [2.05, 4.69) is 38.6 Å². The topological polar surface area (TPSA) is 28.1 Å². The molecule has 0 spiro atoms. The van der Waals surface area contributed by atoms with Gasteiger partial charge < -0.3 is 9.64 Å². The number of hydrogen-bond donors (Lipinski definition) is 0. The van der Waals surface area contributed by atoms with Crippen LogP contribution in [-0.4, -0.2) is 44.5 Å². The number of ether oxygens (including phenoxy) is 1. The van der Waals surface area contributed by atoms with Crippen LogP contribution in [0.3, 0.4) is 0 Å². The maximum absolute atomic E-state index is 5.44. The van der Waals surface area contributed by atoms with Gasteiger partial charge in [0.2, 0.25) is 0 Å². The van der Waals surface area contributed by atoms with Gasteiger partial charge in [-0.2, -0.15) is 5.10 Å². The molecule has 4 nitrogen and oxygen atoms in total. The van der Waals surface area contributed by atoms with Crippen LogP contribution in [0, 0.1) is 0 Å². The first-order chi connectivity index (χ1) is 10.4. The summed E-state index contributed by atoms with van der Waals surface area (Å²) in [7, 11) is 1.72. The van der Waals surface area contributed by atoms with Crippen molar-refractivity contribution in [1.29, 1.82) is 0 Å². The average molecular weight is 301 g/mol.